The highest BCUT2D eigenvalue weighted by atomic mass is 32.2. The minimum absolute atomic E-state index is 0.00673. The maximum absolute atomic E-state index is 13.1. The molecule has 27 heavy (non-hydrogen) atoms. The molecule has 3 N–H and O–H groups in total. The monoisotopic (exact) mass is 387 g/mol. The van der Waals surface area contributed by atoms with Crippen LogP contribution in [-0.4, -0.2) is 49.7 Å². The molecule has 1 saturated heterocycles. The van der Waals surface area contributed by atoms with Crippen LogP contribution in [-0.2, 0) is 14.6 Å². The molecule has 1 fully saturated rings. The Kier molecular flexibility index (Phi) is 4.48. The van der Waals surface area contributed by atoms with Crippen molar-refractivity contribution >= 4 is 32.5 Å². The van der Waals surface area contributed by atoms with Crippen LogP contribution in [0.5, 0.6) is 0 Å². The van der Waals surface area contributed by atoms with Crippen molar-refractivity contribution in [2.24, 2.45) is 0 Å². The number of H-pyrrole nitrogens is 1. The second-order valence-electron chi connectivity index (χ2n) is 6.56. The van der Waals surface area contributed by atoms with Crippen molar-refractivity contribution in [3.63, 3.8) is 0 Å². The van der Waals surface area contributed by atoms with Gasteiger partial charge in [-0.15, -0.1) is 0 Å². The van der Waals surface area contributed by atoms with Crippen LogP contribution in [0.4, 0.5) is 11.6 Å². The summed E-state index contributed by atoms with van der Waals surface area (Å²) in [4.78, 5) is 13.8. The predicted molar refractivity (Wildman–Crippen MR) is 102 cm³/mol. The van der Waals surface area contributed by atoms with Gasteiger partial charge in [0.15, 0.2) is 5.82 Å². The number of rotatable bonds is 4. The second-order valence-corrected chi connectivity index (χ2v) is 8.45. The number of hydrogen-bond donors (Lipinski definition) is 2. The van der Waals surface area contributed by atoms with E-state index in [2.05, 4.69) is 15.0 Å². The molecule has 0 spiro atoms. The molecular weight excluding hydrogens is 366 g/mol. The van der Waals surface area contributed by atoms with Gasteiger partial charge in [0, 0.05) is 26.3 Å². The summed E-state index contributed by atoms with van der Waals surface area (Å²) in [5, 5.41) is 0. The van der Waals surface area contributed by atoms with Crippen LogP contribution in [0.1, 0.15) is 12.8 Å². The first kappa shape index (κ1) is 17.7. The van der Waals surface area contributed by atoms with Crippen LogP contribution in [0.15, 0.2) is 46.5 Å². The molecule has 0 bridgehead atoms. The lowest BCUT2D eigenvalue weighted by molar-refractivity contribution is 0.0854. The summed E-state index contributed by atoms with van der Waals surface area (Å²) in [6.45, 7) is 1.40. The predicted octanol–water partition coefficient (Wildman–Crippen LogP) is 1.99. The average Bonchev–Trinajstić information content (AvgIpc) is 3.05. The van der Waals surface area contributed by atoms with Crippen LogP contribution in [0.2, 0.25) is 0 Å². The first-order valence-corrected chi connectivity index (χ1v) is 10.2. The van der Waals surface area contributed by atoms with Crippen LogP contribution in [0.3, 0.4) is 0 Å². The van der Waals surface area contributed by atoms with Gasteiger partial charge in [-0.05, 0) is 25.0 Å². The Balaban J connectivity index is 1.84. The lowest BCUT2D eigenvalue weighted by Gasteiger charge is -2.32. The lowest BCUT2D eigenvalue weighted by Crippen LogP contribution is -2.37. The smallest absolute Gasteiger partial charge is 0.212 e. The summed E-state index contributed by atoms with van der Waals surface area (Å²) in [7, 11) is -1.86. The van der Waals surface area contributed by atoms with E-state index in [1.165, 1.54) is 6.33 Å². The molecule has 0 saturated carbocycles. The second kappa shape index (κ2) is 6.82. The van der Waals surface area contributed by atoms with Crippen LogP contribution in [0.25, 0.3) is 11.0 Å². The van der Waals surface area contributed by atoms with Crippen molar-refractivity contribution in [3.05, 3.63) is 36.7 Å². The highest BCUT2D eigenvalue weighted by molar-refractivity contribution is 7.92. The molecule has 1 aliphatic rings. The van der Waals surface area contributed by atoms with Gasteiger partial charge in [-0.1, -0.05) is 18.2 Å². The average molecular weight is 387 g/mol. The first-order chi connectivity index (χ1) is 13.0. The third kappa shape index (κ3) is 3.02. The quantitative estimate of drug-likeness (QED) is 0.703. The summed E-state index contributed by atoms with van der Waals surface area (Å²) in [5.41, 5.74) is 6.92. The fourth-order valence-electron chi connectivity index (χ4n) is 3.48. The zero-order valence-electron chi connectivity index (χ0n) is 14.9. The Hall–Kier alpha value is -2.65. The van der Waals surface area contributed by atoms with E-state index in [1.807, 2.05) is 11.9 Å². The number of ether oxygens (including phenoxy) is 1. The van der Waals surface area contributed by atoms with E-state index in [-0.39, 0.29) is 21.7 Å². The summed E-state index contributed by atoms with van der Waals surface area (Å²) in [6, 6.07) is 8.47. The van der Waals surface area contributed by atoms with Gasteiger partial charge in [0.1, 0.15) is 28.1 Å². The number of nitrogens with two attached hydrogens (primary N) is 1. The molecule has 1 aromatic carbocycles. The van der Waals surface area contributed by atoms with E-state index < -0.39 is 9.84 Å². The molecule has 0 radical (unpaired) electrons. The Morgan fingerprint density at radius 1 is 1.19 bits per heavy atom. The molecule has 0 amide bonds. The Labute approximate surface area is 157 Å². The Morgan fingerprint density at radius 3 is 2.59 bits per heavy atom. The van der Waals surface area contributed by atoms with Crippen molar-refractivity contribution in [1.29, 1.82) is 0 Å². The number of benzene rings is 1. The molecule has 142 valence electrons. The zero-order chi connectivity index (χ0) is 19.0. The van der Waals surface area contributed by atoms with E-state index >= 15 is 0 Å². The fourth-order valence-corrected chi connectivity index (χ4v) is 4.99. The normalized spacial score (nSPS) is 15.9. The van der Waals surface area contributed by atoms with Crippen molar-refractivity contribution in [3.8, 4) is 0 Å². The highest BCUT2D eigenvalue weighted by Gasteiger charge is 2.29. The molecule has 3 heterocycles. The topological polar surface area (TPSA) is 114 Å². The number of hydrogen-bond acceptors (Lipinski definition) is 7. The lowest BCUT2D eigenvalue weighted by atomic mass is 10.1. The number of sulfone groups is 1. The number of fused-ring (bicyclic) bond motifs is 1. The van der Waals surface area contributed by atoms with Gasteiger partial charge in [-0.25, -0.2) is 18.4 Å². The molecule has 8 nitrogen and oxygen atoms in total. The molecule has 4 rings (SSSR count). The summed E-state index contributed by atoms with van der Waals surface area (Å²) in [6.07, 6.45) is 3.14. The van der Waals surface area contributed by atoms with Gasteiger partial charge in [0.05, 0.1) is 4.90 Å². The van der Waals surface area contributed by atoms with E-state index in [0.29, 0.717) is 30.1 Å². The maximum atomic E-state index is 13.1. The van der Waals surface area contributed by atoms with E-state index in [9.17, 15) is 8.42 Å². The fraction of sp³-hybridized carbons (Fsp3) is 0.333. The van der Waals surface area contributed by atoms with E-state index in [1.54, 1.807) is 30.3 Å². The van der Waals surface area contributed by atoms with Crippen LogP contribution >= 0.6 is 0 Å². The zero-order valence-corrected chi connectivity index (χ0v) is 15.7. The number of aromatic nitrogens is 3. The highest BCUT2D eigenvalue weighted by Crippen LogP contribution is 2.35. The van der Waals surface area contributed by atoms with Gasteiger partial charge in [0.25, 0.3) is 0 Å². The Morgan fingerprint density at radius 2 is 1.89 bits per heavy atom. The Bertz CT molecular complexity index is 1060. The molecule has 0 unspecified atom stereocenters. The third-order valence-corrected chi connectivity index (χ3v) is 6.78. The molecule has 2 aromatic heterocycles. The third-order valence-electron chi connectivity index (χ3n) is 4.94. The number of nitrogens with one attached hydrogen (secondary N) is 1. The van der Waals surface area contributed by atoms with E-state index in [0.717, 1.165) is 12.8 Å². The van der Waals surface area contributed by atoms with Crippen molar-refractivity contribution in [2.45, 2.75) is 28.7 Å². The summed E-state index contributed by atoms with van der Waals surface area (Å²) >= 11 is 0. The minimum Gasteiger partial charge on any atom is -0.384 e. The molecule has 3 aromatic rings. The SMILES string of the molecule is CN(c1ncnc2c(S(=O)(=O)c3ccccc3)c(N)[nH]c12)C1CCOCC1. The molecule has 1 aliphatic heterocycles. The van der Waals surface area contributed by atoms with Gasteiger partial charge in [-0.3, -0.25) is 0 Å². The standard InChI is InChI=1S/C18H21N5O3S/c1-23(12-7-9-26-10-8-12)18-15-14(20-11-21-18)16(17(19)22-15)27(24,25)13-5-3-2-4-6-13/h2-6,11-12,22H,7-10,19H2,1H3. The van der Waals surface area contributed by atoms with Crippen LogP contribution < -0.4 is 10.6 Å². The molecule has 9 heteroatoms. The molecule has 0 atom stereocenters. The number of aromatic amines is 1. The first-order valence-electron chi connectivity index (χ1n) is 8.73. The van der Waals surface area contributed by atoms with Crippen molar-refractivity contribution in [2.75, 3.05) is 30.9 Å². The number of anilines is 2. The number of nitrogen functional groups attached to an aromatic ring is 1. The minimum atomic E-state index is -3.81. The van der Waals surface area contributed by atoms with Gasteiger partial charge in [0.2, 0.25) is 9.84 Å². The summed E-state index contributed by atoms with van der Waals surface area (Å²) in [5.74, 6) is 0.698. The number of nitrogens with zero attached hydrogens (tertiary/aromatic N) is 3. The van der Waals surface area contributed by atoms with Gasteiger partial charge in [-0.2, -0.15) is 0 Å². The van der Waals surface area contributed by atoms with E-state index in [4.69, 9.17) is 10.5 Å². The van der Waals surface area contributed by atoms with Gasteiger partial charge >= 0.3 is 0 Å². The van der Waals surface area contributed by atoms with Crippen molar-refractivity contribution in [1.82, 2.24) is 15.0 Å². The summed E-state index contributed by atoms with van der Waals surface area (Å²) < 4.78 is 31.7. The maximum Gasteiger partial charge on any atom is 0.212 e. The molecular formula is C18H21N5O3S. The largest absolute Gasteiger partial charge is 0.384 e. The van der Waals surface area contributed by atoms with Gasteiger partial charge < -0.3 is 20.4 Å². The van der Waals surface area contributed by atoms with Crippen LogP contribution in [0, 0.1) is 0 Å². The van der Waals surface area contributed by atoms with Crippen molar-refractivity contribution < 1.29 is 13.2 Å². The molecule has 0 aliphatic carbocycles.